The van der Waals surface area contributed by atoms with Gasteiger partial charge in [-0.2, -0.15) is 0 Å². The van der Waals surface area contributed by atoms with Crippen LogP contribution >= 0.6 is 36.2 Å². The molecule has 1 amide bonds. The standard InChI is InChI=1S/C15H20N4OS.2ClH/c1-9-18-14(8-21-9)10-6-13(17-7-10)15(20)19-12-4-2-11(16)3-5-12;;/h6-8,11-12,17H,2-5,16H2,1H3,(H,19,20);2*1H. The third-order valence-corrected chi connectivity index (χ3v) is 4.72. The molecule has 8 heteroatoms. The number of nitrogens with two attached hydrogens (primary N) is 1. The maximum atomic E-state index is 12.3. The number of aryl methyl sites for hydroxylation is 1. The third-order valence-electron chi connectivity index (χ3n) is 3.95. The zero-order valence-corrected chi connectivity index (χ0v) is 15.3. The maximum Gasteiger partial charge on any atom is 0.267 e. The summed E-state index contributed by atoms with van der Waals surface area (Å²) in [6.45, 7) is 1.97. The Morgan fingerprint density at radius 3 is 2.65 bits per heavy atom. The highest BCUT2D eigenvalue weighted by atomic mass is 35.5. The van der Waals surface area contributed by atoms with E-state index in [4.69, 9.17) is 5.73 Å². The van der Waals surface area contributed by atoms with Crippen LogP contribution < -0.4 is 11.1 Å². The third kappa shape index (κ3) is 4.94. The molecule has 0 saturated heterocycles. The van der Waals surface area contributed by atoms with Crippen LogP contribution in [-0.4, -0.2) is 28.0 Å². The highest BCUT2D eigenvalue weighted by Crippen LogP contribution is 2.22. The molecular weight excluding hydrogens is 355 g/mol. The Kier molecular flexibility index (Phi) is 7.54. The minimum absolute atomic E-state index is 0. The number of amides is 1. The number of nitrogens with one attached hydrogen (secondary N) is 2. The molecule has 23 heavy (non-hydrogen) atoms. The average molecular weight is 377 g/mol. The second-order valence-corrected chi connectivity index (χ2v) is 6.70. The first-order chi connectivity index (χ1) is 10.1. The number of hydrogen-bond acceptors (Lipinski definition) is 4. The monoisotopic (exact) mass is 376 g/mol. The largest absolute Gasteiger partial charge is 0.357 e. The Morgan fingerprint density at radius 1 is 1.35 bits per heavy atom. The van der Waals surface area contributed by atoms with E-state index < -0.39 is 0 Å². The van der Waals surface area contributed by atoms with E-state index in [1.165, 1.54) is 0 Å². The second kappa shape index (κ2) is 8.68. The molecule has 2 aromatic heterocycles. The van der Waals surface area contributed by atoms with Crippen molar-refractivity contribution in [2.24, 2.45) is 5.73 Å². The topological polar surface area (TPSA) is 83.8 Å². The van der Waals surface area contributed by atoms with E-state index in [1.807, 2.05) is 24.6 Å². The highest BCUT2D eigenvalue weighted by molar-refractivity contribution is 7.09. The van der Waals surface area contributed by atoms with Gasteiger partial charge in [0.05, 0.1) is 10.7 Å². The number of carbonyl (C=O) groups excluding carboxylic acids is 1. The van der Waals surface area contributed by atoms with Gasteiger partial charge >= 0.3 is 0 Å². The summed E-state index contributed by atoms with van der Waals surface area (Å²) in [5.41, 5.74) is 8.34. The van der Waals surface area contributed by atoms with Gasteiger partial charge in [0.25, 0.3) is 5.91 Å². The van der Waals surface area contributed by atoms with Crippen molar-refractivity contribution >= 4 is 42.1 Å². The molecule has 3 rings (SSSR count). The molecule has 1 saturated carbocycles. The quantitative estimate of drug-likeness (QED) is 0.768. The molecule has 0 radical (unpaired) electrons. The molecule has 0 aliphatic heterocycles. The van der Waals surface area contributed by atoms with Crippen molar-refractivity contribution in [2.45, 2.75) is 44.7 Å². The van der Waals surface area contributed by atoms with Gasteiger partial charge in [-0.3, -0.25) is 4.79 Å². The number of rotatable bonds is 3. The number of nitrogens with zero attached hydrogens (tertiary/aromatic N) is 1. The molecule has 128 valence electrons. The van der Waals surface area contributed by atoms with Gasteiger partial charge in [-0.05, 0) is 38.7 Å². The lowest BCUT2D eigenvalue weighted by molar-refractivity contribution is 0.0921. The van der Waals surface area contributed by atoms with Gasteiger partial charge in [0.1, 0.15) is 5.69 Å². The summed E-state index contributed by atoms with van der Waals surface area (Å²) in [5.74, 6) is -0.0475. The summed E-state index contributed by atoms with van der Waals surface area (Å²) in [5, 5.41) is 6.11. The van der Waals surface area contributed by atoms with E-state index in [2.05, 4.69) is 15.3 Å². The molecule has 1 aliphatic rings. The summed E-state index contributed by atoms with van der Waals surface area (Å²) >= 11 is 1.61. The van der Waals surface area contributed by atoms with E-state index in [0.29, 0.717) is 11.7 Å². The smallest absolute Gasteiger partial charge is 0.267 e. The SMILES string of the molecule is Cc1nc(-c2c[nH]c(C(=O)NC3CCC(N)CC3)c2)cs1.Cl.Cl. The van der Waals surface area contributed by atoms with Gasteiger partial charge in [-0.15, -0.1) is 36.2 Å². The van der Waals surface area contributed by atoms with Crippen molar-refractivity contribution < 1.29 is 4.79 Å². The van der Waals surface area contributed by atoms with Gasteiger partial charge in [-0.1, -0.05) is 0 Å². The molecule has 4 N–H and O–H groups in total. The minimum Gasteiger partial charge on any atom is -0.357 e. The number of thiazole rings is 1. The zero-order chi connectivity index (χ0) is 14.8. The molecular formula is C15H22Cl2N4OS. The van der Waals surface area contributed by atoms with Gasteiger partial charge in [0.2, 0.25) is 0 Å². The Balaban J connectivity index is 0.00000132. The van der Waals surface area contributed by atoms with E-state index in [1.54, 1.807) is 11.3 Å². The Labute approximate surface area is 152 Å². The summed E-state index contributed by atoms with van der Waals surface area (Å²) in [4.78, 5) is 19.7. The second-order valence-electron chi connectivity index (χ2n) is 5.64. The predicted molar refractivity (Wildman–Crippen MR) is 98.8 cm³/mol. The molecule has 0 bridgehead atoms. The van der Waals surface area contributed by atoms with Crippen molar-refractivity contribution in [3.63, 3.8) is 0 Å². The lowest BCUT2D eigenvalue weighted by atomic mass is 9.92. The first kappa shape index (κ1) is 20.0. The van der Waals surface area contributed by atoms with Crippen LogP contribution in [0, 0.1) is 6.92 Å². The number of H-pyrrole nitrogens is 1. The van der Waals surface area contributed by atoms with Crippen LogP contribution in [0.2, 0.25) is 0 Å². The van der Waals surface area contributed by atoms with Crippen molar-refractivity contribution in [1.29, 1.82) is 0 Å². The number of aromatic nitrogens is 2. The maximum absolute atomic E-state index is 12.3. The van der Waals surface area contributed by atoms with Gasteiger partial charge in [0.15, 0.2) is 0 Å². The van der Waals surface area contributed by atoms with E-state index in [9.17, 15) is 4.79 Å². The highest BCUT2D eigenvalue weighted by Gasteiger charge is 2.21. The number of hydrogen-bond donors (Lipinski definition) is 3. The Morgan fingerprint density at radius 2 is 2.04 bits per heavy atom. The van der Waals surface area contributed by atoms with Crippen LogP contribution in [0.15, 0.2) is 17.6 Å². The average Bonchev–Trinajstić information content (AvgIpc) is 3.10. The fourth-order valence-electron chi connectivity index (χ4n) is 2.70. The van der Waals surface area contributed by atoms with Crippen molar-refractivity contribution in [3.05, 3.63) is 28.3 Å². The van der Waals surface area contributed by atoms with Crippen LogP contribution in [0.5, 0.6) is 0 Å². The predicted octanol–water partition coefficient (Wildman–Crippen LogP) is 3.29. The molecule has 0 atom stereocenters. The van der Waals surface area contributed by atoms with Crippen LogP contribution in [-0.2, 0) is 0 Å². The van der Waals surface area contributed by atoms with Gasteiger partial charge in [-0.25, -0.2) is 4.98 Å². The summed E-state index contributed by atoms with van der Waals surface area (Å²) in [6, 6.07) is 2.40. The molecule has 0 spiro atoms. The lowest BCUT2D eigenvalue weighted by Crippen LogP contribution is -2.40. The fourth-order valence-corrected chi connectivity index (χ4v) is 3.32. The molecule has 1 fully saturated rings. The minimum atomic E-state index is -0.0475. The van der Waals surface area contributed by atoms with E-state index >= 15 is 0 Å². The molecule has 1 aliphatic carbocycles. The lowest BCUT2D eigenvalue weighted by Gasteiger charge is -2.26. The summed E-state index contributed by atoms with van der Waals surface area (Å²) in [6.07, 6.45) is 5.73. The molecule has 5 nitrogen and oxygen atoms in total. The number of carbonyl (C=O) groups is 1. The van der Waals surface area contributed by atoms with Crippen LogP contribution in [0.25, 0.3) is 11.3 Å². The molecule has 0 aromatic carbocycles. The fraction of sp³-hybridized carbons (Fsp3) is 0.467. The number of halogens is 2. The number of aromatic amines is 1. The van der Waals surface area contributed by atoms with E-state index in [0.717, 1.165) is 41.9 Å². The van der Waals surface area contributed by atoms with Crippen LogP contribution in [0.3, 0.4) is 0 Å². The Hall–Kier alpha value is -1.08. The summed E-state index contributed by atoms with van der Waals surface area (Å²) < 4.78 is 0. The van der Waals surface area contributed by atoms with Crippen LogP contribution in [0.4, 0.5) is 0 Å². The molecule has 0 unspecified atom stereocenters. The van der Waals surface area contributed by atoms with Gasteiger partial charge in [0, 0.05) is 29.2 Å². The van der Waals surface area contributed by atoms with Crippen LogP contribution in [0.1, 0.15) is 41.2 Å². The van der Waals surface area contributed by atoms with Crippen molar-refractivity contribution in [3.8, 4) is 11.3 Å². The van der Waals surface area contributed by atoms with Crippen molar-refractivity contribution in [1.82, 2.24) is 15.3 Å². The van der Waals surface area contributed by atoms with Gasteiger partial charge < -0.3 is 16.0 Å². The molecule has 2 aromatic rings. The van der Waals surface area contributed by atoms with Crippen molar-refractivity contribution in [2.75, 3.05) is 0 Å². The Bertz CT molecular complexity index is 635. The normalized spacial score (nSPS) is 20.3. The van der Waals surface area contributed by atoms with E-state index in [-0.39, 0.29) is 36.8 Å². The first-order valence-corrected chi connectivity index (χ1v) is 8.17. The zero-order valence-electron chi connectivity index (χ0n) is 12.9. The molecule has 2 heterocycles. The summed E-state index contributed by atoms with van der Waals surface area (Å²) in [7, 11) is 0. The first-order valence-electron chi connectivity index (χ1n) is 7.29.